The Kier molecular flexibility index (Phi) is 10.2. The zero-order valence-electron chi connectivity index (χ0n) is 11.6. The molecule has 0 radical (unpaired) electrons. The predicted octanol–water partition coefficient (Wildman–Crippen LogP) is 1.78. The van der Waals surface area contributed by atoms with Crippen LogP contribution in [0.1, 0.15) is 46.0 Å². The first kappa shape index (κ1) is 16.4. The highest BCUT2D eigenvalue weighted by atomic mass is 16.5. The zero-order valence-corrected chi connectivity index (χ0v) is 11.6. The summed E-state index contributed by atoms with van der Waals surface area (Å²) in [4.78, 5) is 13.9. The molecule has 0 saturated heterocycles. The van der Waals surface area contributed by atoms with Crippen molar-refractivity contribution in [3.63, 3.8) is 0 Å². The maximum absolute atomic E-state index is 12.0. The summed E-state index contributed by atoms with van der Waals surface area (Å²) < 4.78 is 5.02. The summed E-state index contributed by atoms with van der Waals surface area (Å²) in [6.45, 7) is 6.14. The molecule has 0 unspecified atom stereocenters. The van der Waals surface area contributed by atoms with E-state index in [1.165, 1.54) is 0 Å². The highest BCUT2D eigenvalue weighted by molar-refractivity contribution is 5.76. The molecule has 0 heterocycles. The van der Waals surface area contributed by atoms with Gasteiger partial charge in [0.25, 0.3) is 0 Å². The van der Waals surface area contributed by atoms with E-state index in [2.05, 4.69) is 0 Å². The van der Waals surface area contributed by atoms with Crippen LogP contribution in [0.3, 0.4) is 0 Å². The number of nitrogens with two attached hydrogens (primary N) is 1. The Morgan fingerprint density at radius 3 is 2.41 bits per heavy atom. The molecule has 0 saturated carbocycles. The Bertz CT molecular complexity index is 196. The van der Waals surface area contributed by atoms with Crippen LogP contribution in [-0.4, -0.2) is 43.7 Å². The fourth-order valence-corrected chi connectivity index (χ4v) is 1.78. The summed E-state index contributed by atoms with van der Waals surface area (Å²) in [5.41, 5.74) is 5.42. The van der Waals surface area contributed by atoms with E-state index in [0.717, 1.165) is 32.2 Å². The molecule has 0 aromatic rings. The lowest BCUT2D eigenvalue weighted by Crippen LogP contribution is -2.39. The third kappa shape index (κ3) is 8.16. The van der Waals surface area contributed by atoms with Crippen molar-refractivity contribution in [1.82, 2.24) is 4.90 Å². The molecule has 4 nitrogen and oxygen atoms in total. The maximum atomic E-state index is 12.0. The number of ether oxygens (including phenoxy) is 1. The first-order valence-electron chi connectivity index (χ1n) is 6.62. The molecule has 0 aromatic carbocycles. The lowest BCUT2D eigenvalue weighted by atomic mass is 10.1. The van der Waals surface area contributed by atoms with Crippen LogP contribution < -0.4 is 5.73 Å². The van der Waals surface area contributed by atoms with Crippen molar-refractivity contribution in [3.8, 4) is 0 Å². The standard InChI is InChI=1S/C13H28N2O2/c1-12(2)15(10-11-17-3)13(16)8-6-4-5-7-9-14/h12H,4-11,14H2,1-3H3. The second-order valence-corrected chi connectivity index (χ2v) is 4.63. The molecule has 0 fully saturated rings. The van der Waals surface area contributed by atoms with Gasteiger partial charge in [0.15, 0.2) is 0 Å². The molecule has 2 N–H and O–H groups in total. The molecule has 0 aliphatic carbocycles. The van der Waals surface area contributed by atoms with E-state index in [9.17, 15) is 4.79 Å². The van der Waals surface area contributed by atoms with Gasteiger partial charge in [0.1, 0.15) is 0 Å². The van der Waals surface area contributed by atoms with E-state index in [1.807, 2.05) is 18.7 Å². The van der Waals surface area contributed by atoms with Gasteiger partial charge < -0.3 is 15.4 Å². The quantitative estimate of drug-likeness (QED) is 0.596. The summed E-state index contributed by atoms with van der Waals surface area (Å²) in [5, 5.41) is 0. The number of methoxy groups -OCH3 is 1. The summed E-state index contributed by atoms with van der Waals surface area (Å²) >= 11 is 0. The van der Waals surface area contributed by atoms with Crippen molar-refractivity contribution < 1.29 is 9.53 Å². The zero-order chi connectivity index (χ0) is 13.1. The van der Waals surface area contributed by atoms with Gasteiger partial charge in [0.2, 0.25) is 5.91 Å². The van der Waals surface area contributed by atoms with Crippen LogP contribution in [-0.2, 0) is 9.53 Å². The van der Waals surface area contributed by atoms with Crippen LogP contribution in [0.5, 0.6) is 0 Å². The highest BCUT2D eigenvalue weighted by Crippen LogP contribution is 2.07. The van der Waals surface area contributed by atoms with Gasteiger partial charge in [-0.25, -0.2) is 0 Å². The summed E-state index contributed by atoms with van der Waals surface area (Å²) in [6, 6.07) is 0.252. The fraction of sp³-hybridized carbons (Fsp3) is 0.923. The minimum absolute atomic E-state index is 0.241. The molecule has 0 spiro atoms. The van der Waals surface area contributed by atoms with E-state index in [0.29, 0.717) is 19.6 Å². The lowest BCUT2D eigenvalue weighted by molar-refractivity contribution is -0.133. The maximum Gasteiger partial charge on any atom is 0.222 e. The average Bonchev–Trinajstić information content (AvgIpc) is 2.29. The molecule has 0 aliphatic heterocycles. The normalized spacial score (nSPS) is 10.9. The van der Waals surface area contributed by atoms with E-state index < -0.39 is 0 Å². The second-order valence-electron chi connectivity index (χ2n) is 4.63. The Labute approximate surface area is 105 Å². The second kappa shape index (κ2) is 10.5. The van der Waals surface area contributed by atoms with Crippen molar-refractivity contribution in [1.29, 1.82) is 0 Å². The Morgan fingerprint density at radius 2 is 1.88 bits per heavy atom. The number of carbonyl (C=O) groups excluding carboxylic acids is 1. The van der Waals surface area contributed by atoms with E-state index in [1.54, 1.807) is 7.11 Å². The Morgan fingerprint density at radius 1 is 1.24 bits per heavy atom. The first-order valence-corrected chi connectivity index (χ1v) is 6.62. The third-order valence-corrected chi connectivity index (χ3v) is 2.82. The third-order valence-electron chi connectivity index (χ3n) is 2.82. The fourth-order valence-electron chi connectivity index (χ4n) is 1.78. The highest BCUT2D eigenvalue weighted by Gasteiger charge is 2.15. The van der Waals surface area contributed by atoms with Crippen LogP contribution >= 0.6 is 0 Å². The molecular weight excluding hydrogens is 216 g/mol. The minimum atomic E-state index is 0.241. The molecule has 4 heteroatoms. The topological polar surface area (TPSA) is 55.6 Å². The largest absolute Gasteiger partial charge is 0.383 e. The van der Waals surface area contributed by atoms with Gasteiger partial charge >= 0.3 is 0 Å². The molecule has 0 aliphatic rings. The number of rotatable bonds is 10. The van der Waals surface area contributed by atoms with Crippen molar-refractivity contribution in [2.24, 2.45) is 5.73 Å². The molecule has 0 rings (SSSR count). The minimum Gasteiger partial charge on any atom is -0.383 e. The number of unbranched alkanes of at least 4 members (excludes halogenated alkanes) is 3. The summed E-state index contributed by atoms with van der Waals surface area (Å²) in [7, 11) is 1.66. The Balaban J connectivity index is 3.81. The number of hydrogen-bond donors (Lipinski definition) is 1. The molecule has 0 bridgehead atoms. The van der Waals surface area contributed by atoms with Crippen molar-refractivity contribution in [2.75, 3.05) is 26.8 Å². The summed E-state index contributed by atoms with van der Waals surface area (Å²) in [6.07, 6.45) is 4.90. The number of carbonyl (C=O) groups is 1. The van der Waals surface area contributed by atoms with Gasteiger partial charge in [0.05, 0.1) is 6.61 Å². The first-order chi connectivity index (χ1) is 8.13. The van der Waals surface area contributed by atoms with Crippen LogP contribution in [0.2, 0.25) is 0 Å². The predicted molar refractivity (Wildman–Crippen MR) is 70.9 cm³/mol. The number of amides is 1. The van der Waals surface area contributed by atoms with E-state index in [-0.39, 0.29) is 11.9 Å². The van der Waals surface area contributed by atoms with Crippen LogP contribution in [0.4, 0.5) is 0 Å². The molecular formula is C13H28N2O2. The molecule has 0 aromatic heterocycles. The SMILES string of the molecule is COCCN(C(=O)CCCCCCN)C(C)C. The van der Waals surface area contributed by atoms with Gasteiger partial charge in [-0.2, -0.15) is 0 Å². The number of hydrogen-bond acceptors (Lipinski definition) is 3. The number of nitrogens with zero attached hydrogens (tertiary/aromatic N) is 1. The monoisotopic (exact) mass is 244 g/mol. The van der Waals surface area contributed by atoms with E-state index in [4.69, 9.17) is 10.5 Å². The van der Waals surface area contributed by atoms with Crippen molar-refractivity contribution >= 4 is 5.91 Å². The van der Waals surface area contributed by atoms with Crippen molar-refractivity contribution in [2.45, 2.75) is 52.0 Å². The average molecular weight is 244 g/mol. The molecule has 102 valence electrons. The molecule has 1 amide bonds. The van der Waals surface area contributed by atoms with Gasteiger partial charge in [-0.3, -0.25) is 4.79 Å². The smallest absolute Gasteiger partial charge is 0.222 e. The van der Waals surface area contributed by atoms with Gasteiger partial charge in [0, 0.05) is 26.1 Å². The van der Waals surface area contributed by atoms with Gasteiger partial charge in [-0.15, -0.1) is 0 Å². The molecule has 0 atom stereocenters. The summed E-state index contributed by atoms with van der Waals surface area (Å²) in [5.74, 6) is 0.241. The Hall–Kier alpha value is -0.610. The lowest BCUT2D eigenvalue weighted by Gasteiger charge is -2.26. The van der Waals surface area contributed by atoms with Crippen LogP contribution in [0.25, 0.3) is 0 Å². The van der Waals surface area contributed by atoms with E-state index >= 15 is 0 Å². The van der Waals surface area contributed by atoms with Crippen molar-refractivity contribution in [3.05, 3.63) is 0 Å². The van der Waals surface area contributed by atoms with Crippen LogP contribution in [0.15, 0.2) is 0 Å². The van der Waals surface area contributed by atoms with Gasteiger partial charge in [-0.05, 0) is 33.2 Å². The molecule has 17 heavy (non-hydrogen) atoms. The van der Waals surface area contributed by atoms with Gasteiger partial charge in [-0.1, -0.05) is 12.8 Å². The van der Waals surface area contributed by atoms with Crippen LogP contribution in [0, 0.1) is 0 Å².